The average molecular weight is 368 g/mol. The van der Waals surface area contributed by atoms with Crippen LogP contribution in [0.15, 0.2) is 22.7 Å². The SMILES string of the molecule is Cc1nn(C)c(C)c1Cn1c(CCl)nc2ccc(Br)cc21. The van der Waals surface area contributed by atoms with Crippen LogP contribution in [0.4, 0.5) is 0 Å². The van der Waals surface area contributed by atoms with Crippen molar-refractivity contribution in [3.63, 3.8) is 0 Å². The van der Waals surface area contributed by atoms with Crippen LogP contribution in [0.1, 0.15) is 22.8 Å². The molecule has 6 heteroatoms. The molecule has 0 saturated heterocycles. The second kappa shape index (κ2) is 5.46. The van der Waals surface area contributed by atoms with Crippen molar-refractivity contribution >= 4 is 38.6 Å². The number of nitrogens with zero attached hydrogens (tertiary/aromatic N) is 4. The summed E-state index contributed by atoms with van der Waals surface area (Å²) in [6.45, 7) is 4.86. The number of benzene rings is 1. The Kier molecular flexibility index (Phi) is 3.80. The Morgan fingerprint density at radius 2 is 2.05 bits per heavy atom. The number of aryl methyl sites for hydroxylation is 2. The summed E-state index contributed by atoms with van der Waals surface area (Å²) in [6, 6.07) is 6.09. The van der Waals surface area contributed by atoms with Gasteiger partial charge in [-0.15, -0.1) is 11.6 Å². The smallest absolute Gasteiger partial charge is 0.125 e. The monoisotopic (exact) mass is 366 g/mol. The van der Waals surface area contributed by atoms with Crippen LogP contribution >= 0.6 is 27.5 Å². The molecule has 0 radical (unpaired) electrons. The van der Waals surface area contributed by atoms with Gasteiger partial charge in [-0.2, -0.15) is 5.10 Å². The fourth-order valence-corrected chi connectivity index (χ4v) is 3.18. The van der Waals surface area contributed by atoms with Gasteiger partial charge in [0.2, 0.25) is 0 Å². The third-order valence-corrected chi connectivity index (χ3v) is 4.62. The Morgan fingerprint density at radius 1 is 1.29 bits per heavy atom. The topological polar surface area (TPSA) is 35.6 Å². The fourth-order valence-electron chi connectivity index (χ4n) is 2.63. The van der Waals surface area contributed by atoms with E-state index in [0.29, 0.717) is 5.88 Å². The predicted molar refractivity (Wildman–Crippen MR) is 88.8 cm³/mol. The van der Waals surface area contributed by atoms with Crippen LogP contribution < -0.4 is 0 Å². The van der Waals surface area contributed by atoms with Crippen molar-refractivity contribution in [3.8, 4) is 0 Å². The van der Waals surface area contributed by atoms with E-state index in [1.54, 1.807) is 0 Å². The van der Waals surface area contributed by atoms with Crippen molar-refractivity contribution < 1.29 is 0 Å². The minimum Gasteiger partial charge on any atom is -0.322 e. The van der Waals surface area contributed by atoms with Crippen LogP contribution in [0.5, 0.6) is 0 Å². The minimum absolute atomic E-state index is 0.394. The molecular weight excluding hydrogens is 352 g/mol. The first kappa shape index (κ1) is 14.6. The Morgan fingerprint density at radius 3 is 2.67 bits per heavy atom. The van der Waals surface area contributed by atoms with Gasteiger partial charge in [-0.1, -0.05) is 15.9 Å². The van der Waals surface area contributed by atoms with E-state index >= 15 is 0 Å². The number of alkyl halides is 1. The zero-order chi connectivity index (χ0) is 15.1. The lowest BCUT2D eigenvalue weighted by molar-refractivity contribution is 0.725. The summed E-state index contributed by atoms with van der Waals surface area (Å²) in [4.78, 5) is 4.62. The summed E-state index contributed by atoms with van der Waals surface area (Å²) in [6.07, 6.45) is 0. The fraction of sp³-hybridized carbons (Fsp3) is 0.333. The standard InChI is InChI=1S/C15H16BrClN4/c1-9-12(10(2)20(3)19-9)8-21-14-6-11(16)4-5-13(14)18-15(21)7-17/h4-6H,7-8H2,1-3H3. The molecule has 0 spiro atoms. The van der Waals surface area contributed by atoms with Crippen LogP contribution in [0.3, 0.4) is 0 Å². The van der Waals surface area contributed by atoms with Gasteiger partial charge in [-0.05, 0) is 32.0 Å². The van der Waals surface area contributed by atoms with Crippen LogP contribution in [-0.2, 0) is 19.5 Å². The molecule has 0 unspecified atom stereocenters. The summed E-state index contributed by atoms with van der Waals surface area (Å²) in [7, 11) is 1.97. The van der Waals surface area contributed by atoms with Crippen molar-refractivity contribution in [2.45, 2.75) is 26.3 Å². The molecule has 3 aromatic rings. The van der Waals surface area contributed by atoms with Gasteiger partial charge in [0, 0.05) is 22.8 Å². The van der Waals surface area contributed by atoms with Crippen molar-refractivity contribution in [1.82, 2.24) is 19.3 Å². The van der Waals surface area contributed by atoms with Gasteiger partial charge in [0.1, 0.15) is 5.82 Å². The van der Waals surface area contributed by atoms with Crippen LogP contribution in [0.25, 0.3) is 11.0 Å². The van der Waals surface area contributed by atoms with Gasteiger partial charge >= 0.3 is 0 Å². The maximum absolute atomic E-state index is 6.08. The zero-order valence-corrected chi connectivity index (χ0v) is 14.5. The zero-order valence-electron chi connectivity index (χ0n) is 12.2. The van der Waals surface area contributed by atoms with Gasteiger partial charge in [-0.3, -0.25) is 4.68 Å². The minimum atomic E-state index is 0.394. The molecule has 0 N–H and O–H groups in total. The highest BCUT2D eigenvalue weighted by molar-refractivity contribution is 9.10. The first-order chi connectivity index (χ1) is 10.0. The molecule has 1 aromatic carbocycles. The number of aromatic nitrogens is 4. The molecule has 0 amide bonds. The van der Waals surface area contributed by atoms with Crippen LogP contribution in [0.2, 0.25) is 0 Å². The Hall–Kier alpha value is -1.33. The number of halogens is 2. The van der Waals surface area contributed by atoms with Crippen molar-refractivity contribution in [2.75, 3.05) is 0 Å². The maximum atomic E-state index is 6.08. The van der Waals surface area contributed by atoms with E-state index in [2.05, 4.69) is 43.6 Å². The third kappa shape index (κ3) is 2.49. The molecule has 0 bridgehead atoms. The number of hydrogen-bond acceptors (Lipinski definition) is 2. The van der Waals surface area contributed by atoms with E-state index < -0.39 is 0 Å². The largest absolute Gasteiger partial charge is 0.322 e. The Labute approximate surface area is 136 Å². The molecular formula is C15H16BrClN4. The molecule has 2 aromatic heterocycles. The number of fused-ring (bicyclic) bond motifs is 1. The highest BCUT2D eigenvalue weighted by Crippen LogP contribution is 2.24. The lowest BCUT2D eigenvalue weighted by atomic mass is 10.2. The van der Waals surface area contributed by atoms with Gasteiger partial charge in [-0.25, -0.2) is 4.98 Å². The summed E-state index contributed by atoms with van der Waals surface area (Å²) >= 11 is 9.60. The molecule has 0 aliphatic heterocycles. The quantitative estimate of drug-likeness (QED) is 0.657. The first-order valence-corrected chi connectivity index (χ1v) is 8.03. The highest BCUT2D eigenvalue weighted by Gasteiger charge is 2.15. The molecule has 2 heterocycles. The maximum Gasteiger partial charge on any atom is 0.125 e. The van der Waals surface area contributed by atoms with Crippen molar-refractivity contribution in [3.05, 3.63) is 45.4 Å². The first-order valence-electron chi connectivity index (χ1n) is 6.71. The van der Waals surface area contributed by atoms with Gasteiger partial charge in [0.05, 0.1) is 29.2 Å². The normalized spacial score (nSPS) is 11.5. The van der Waals surface area contributed by atoms with Crippen LogP contribution in [-0.4, -0.2) is 19.3 Å². The molecule has 21 heavy (non-hydrogen) atoms. The van der Waals surface area contributed by atoms with E-state index in [0.717, 1.165) is 33.6 Å². The van der Waals surface area contributed by atoms with E-state index in [4.69, 9.17) is 11.6 Å². The predicted octanol–water partition coefficient (Wildman–Crippen LogP) is 3.94. The Balaban J connectivity index is 2.17. The van der Waals surface area contributed by atoms with E-state index in [-0.39, 0.29) is 0 Å². The van der Waals surface area contributed by atoms with Crippen LogP contribution in [0, 0.1) is 13.8 Å². The average Bonchev–Trinajstić information content (AvgIpc) is 2.91. The number of rotatable bonds is 3. The molecule has 0 atom stereocenters. The number of hydrogen-bond donors (Lipinski definition) is 0. The molecule has 0 saturated carbocycles. The third-order valence-electron chi connectivity index (χ3n) is 3.88. The molecule has 3 rings (SSSR count). The lowest BCUT2D eigenvalue weighted by Gasteiger charge is -2.08. The summed E-state index contributed by atoms with van der Waals surface area (Å²) in [5.41, 5.74) is 5.50. The molecule has 110 valence electrons. The second-order valence-corrected chi connectivity index (χ2v) is 6.34. The number of imidazole rings is 1. The summed E-state index contributed by atoms with van der Waals surface area (Å²) in [5.74, 6) is 1.28. The van der Waals surface area contributed by atoms with Crippen molar-refractivity contribution in [1.29, 1.82) is 0 Å². The molecule has 4 nitrogen and oxygen atoms in total. The van der Waals surface area contributed by atoms with E-state index in [1.807, 2.05) is 30.8 Å². The van der Waals surface area contributed by atoms with E-state index in [9.17, 15) is 0 Å². The van der Waals surface area contributed by atoms with E-state index in [1.165, 1.54) is 11.3 Å². The van der Waals surface area contributed by atoms with Gasteiger partial charge in [0.25, 0.3) is 0 Å². The van der Waals surface area contributed by atoms with Gasteiger partial charge in [0.15, 0.2) is 0 Å². The highest BCUT2D eigenvalue weighted by atomic mass is 79.9. The molecule has 0 fully saturated rings. The second-order valence-electron chi connectivity index (χ2n) is 5.15. The summed E-state index contributed by atoms with van der Waals surface area (Å²) < 4.78 is 5.13. The van der Waals surface area contributed by atoms with Crippen molar-refractivity contribution in [2.24, 2.45) is 7.05 Å². The molecule has 0 aliphatic carbocycles. The lowest BCUT2D eigenvalue weighted by Crippen LogP contribution is -2.06. The summed E-state index contributed by atoms with van der Waals surface area (Å²) in [5, 5.41) is 4.48. The Bertz CT molecular complexity index is 819. The van der Waals surface area contributed by atoms with Gasteiger partial charge < -0.3 is 4.57 Å². The molecule has 0 aliphatic rings.